The van der Waals surface area contributed by atoms with Crippen LogP contribution >= 0.6 is 0 Å². The first kappa shape index (κ1) is 20.7. The first-order valence-corrected chi connectivity index (χ1v) is 9.44. The molecule has 27 heavy (non-hydrogen) atoms. The van der Waals surface area contributed by atoms with Crippen LogP contribution in [0.25, 0.3) is 5.69 Å². The summed E-state index contributed by atoms with van der Waals surface area (Å²) in [5.41, 5.74) is 2.58. The molecule has 0 aliphatic heterocycles. The number of carbonyl (C=O) groups is 2. The molecular formula is C21H29N3O3. The second kappa shape index (κ2) is 8.84. The molecule has 1 amide bonds. The zero-order valence-electron chi connectivity index (χ0n) is 17.0. The molecule has 1 aromatic carbocycles. The summed E-state index contributed by atoms with van der Waals surface area (Å²) in [6.07, 6.45) is 1.51. The summed E-state index contributed by atoms with van der Waals surface area (Å²) in [4.78, 5) is 26.7. The van der Waals surface area contributed by atoms with Gasteiger partial charge in [-0.05, 0) is 57.9 Å². The molecule has 2 rings (SSSR count). The standard InChI is InChI=1S/C21H29N3O3/c1-7-23(15(5)14(3)4)20(25)17-9-11-18(12-10-17)24-16(6)19(13-22-24)21(26)27-8-2/h9-15H,7-8H2,1-6H3/t15-/m1/s1. The maximum atomic E-state index is 12.8. The molecule has 0 saturated carbocycles. The first-order valence-electron chi connectivity index (χ1n) is 9.44. The van der Waals surface area contributed by atoms with Gasteiger partial charge in [0, 0.05) is 18.2 Å². The number of amides is 1. The van der Waals surface area contributed by atoms with Crippen LogP contribution in [0, 0.1) is 12.8 Å². The predicted octanol–water partition coefficient (Wildman–Crippen LogP) is 3.86. The van der Waals surface area contributed by atoms with Gasteiger partial charge in [0.2, 0.25) is 0 Å². The van der Waals surface area contributed by atoms with Gasteiger partial charge < -0.3 is 9.64 Å². The molecule has 0 radical (unpaired) electrons. The highest BCUT2D eigenvalue weighted by atomic mass is 16.5. The Labute approximate surface area is 161 Å². The van der Waals surface area contributed by atoms with Gasteiger partial charge in [0.05, 0.1) is 24.2 Å². The Morgan fingerprint density at radius 1 is 1.15 bits per heavy atom. The second-order valence-electron chi connectivity index (χ2n) is 6.90. The van der Waals surface area contributed by atoms with Crippen LogP contribution in [0.1, 0.15) is 61.0 Å². The van der Waals surface area contributed by atoms with E-state index in [4.69, 9.17) is 4.74 Å². The number of hydrogen-bond acceptors (Lipinski definition) is 4. The van der Waals surface area contributed by atoms with Crippen molar-refractivity contribution in [3.63, 3.8) is 0 Å². The van der Waals surface area contributed by atoms with E-state index in [1.807, 2.05) is 30.9 Å². The van der Waals surface area contributed by atoms with Gasteiger partial charge in [0.25, 0.3) is 5.91 Å². The summed E-state index contributed by atoms with van der Waals surface area (Å²) in [6, 6.07) is 7.46. The van der Waals surface area contributed by atoms with Gasteiger partial charge in [-0.25, -0.2) is 9.48 Å². The molecule has 6 heteroatoms. The number of carbonyl (C=O) groups excluding carboxylic acids is 2. The molecule has 1 aromatic heterocycles. The minimum absolute atomic E-state index is 0.0228. The van der Waals surface area contributed by atoms with E-state index in [0.717, 1.165) is 5.69 Å². The number of esters is 1. The molecule has 2 aromatic rings. The molecule has 0 N–H and O–H groups in total. The number of rotatable bonds is 7. The zero-order chi connectivity index (χ0) is 20.1. The van der Waals surface area contributed by atoms with Gasteiger partial charge in [-0.2, -0.15) is 5.10 Å². The van der Waals surface area contributed by atoms with E-state index >= 15 is 0 Å². The van der Waals surface area contributed by atoms with Crippen LogP contribution in [-0.2, 0) is 4.74 Å². The van der Waals surface area contributed by atoms with E-state index in [-0.39, 0.29) is 17.9 Å². The summed E-state index contributed by atoms with van der Waals surface area (Å²) in [5.74, 6) is 0.0325. The van der Waals surface area contributed by atoms with Crippen molar-refractivity contribution in [2.24, 2.45) is 5.92 Å². The Bertz CT molecular complexity index is 794. The fraction of sp³-hybridized carbons (Fsp3) is 0.476. The highest BCUT2D eigenvalue weighted by molar-refractivity contribution is 5.94. The maximum Gasteiger partial charge on any atom is 0.341 e. The Balaban J connectivity index is 2.25. The van der Waals surface area contributed by atoms with Crippen LogP contribution in [0.3, 0.4) is 0 Å². The summed E-state index contributed by atoms with van der Waals surface area (Å²) in [5, 5.41) is 4.29. The molecule has 1 heterocycles. The Kier molecular flexibility index (Phi) is 6.77. The van der Waals surface area contributed by atoms with Crippen molar-refractivity contribution in [2.45, 2.75) is 47.6 Å². The number of benzene rings is 1. The quantitative estimate of drug-likeness (QED) is 0.693. The largest absolute Gasteiger partial charge is 0.462 e. The maximum absolute atomic E-state index is 12.8. The summed E-state index contributed by atoms with van der Waals surface area (Å²) >= 11 is 0. The predicted molar refractivity (Wildman–Crippen MR) is 105 cm³/mol. The van der Waals surface area contributed by atoms with Crippen molar-refractivity contribution in [2.75, 3.05) is 13.2 Å². The van der Waals surface area contributed by atoms with Crippen LogP contribution in [0.4, 0.5) is 0 Å². The van der Waals surface area contributed by atoms with Gasteiger partial charge in [0.15, 0.2) is 0 Å². The molecular weight excluding hydrogens is 342 g/mol. The lowest BCUT2D eigenvalue weighted by molar-refractivity contribution is 0.0525. The molecule has 0 fully saturated rings. The van der Waals surface area contributed by atoms with E-state index < -0.39 is 0 Å². The molecule has 0 bridgehead atoms. The minimum atomic E-state index is -0.380. The van der Waals surface area contributed by atoms with E-state index in [0.29, 0.717) is 35.9 Å². The van der Waals surface area contributed by atoms with Crippen molar-refractivity contribution in [3.05, 3.63) is 47.3 Å². The number of aromatic nitrogens is 2. The number of nitrogens with zero attached hydrogens (tertiary/aromatic N) is 3. The van der Waals surface area contributed by atoms with Crippen molar-refractivity contribution in [1.29, 1.82) is 0 Å². The monoisotopic (exact) mass is 371 g/mol. The van der Waals surface area contributed by atoms with E-state index in [1.54, 1.807) is 23.7 Å². The smallest absolute Gasteiger partial charge is 0.341 e. The average Bonchev–Trinajstić information content (AvgIpc) is 3.03. The van der Waals surface area contributed by atoms with Gasteiger partial charge >= 0.3 is 5.97 Å². The highest BCUT2D eigenvalue weighted by Gasteiger charge is 2.22. The Hall–Kier alpha value is -2.63. The van der Waals surface area contributed by atoms with Gasteiger partial charge in [-0.3, -0.25) is 4.79 Å². The molecule has 146 valence electrons. The lowest BCUT2D eigenvalue weighted by Crippen LogP contribution is -2.41. The highest BCUT2D eigenvalue weighted by Crippen LogP contribution is 2.18. The second-order valence-corrected chi connectivity index (χ2v) is 6.90. The fourth-order valence-electron chi connectivity index (χ4n) is 2.97. The molecule has 0 aliphatic rings. The van der Waals surface area contributed by atoms with E-state index in [2.05, 4.69) is 25.9 Å². The number of ether oxygens (including phenoxy) is 1. The third-order valence-corrected chi connectivity index (χ3v) is 4.92. The molecule has 1 atom stereocenters. The molecule has 0 unspecified atom stereocenters. The average molecular weight is 371 g/mol. The summed E-state index contributed by atoms with van der Waals surface area (Å²) in [7, 11) is 0. The van der Waals surface area contributed by atoms with E-state index in [9.17, 15) is 9.59 Å². The lowest BCUT2D eigenvalue weighted by atomic mass is 10.0. The van der Waals surface area contributed by atoms with Crippen LogP contribution < -0.4 is 0 Å². The molecule has 6 nitrogen and oxygen atoms in total. The van der Waals surface area contributed by atoms with Crippen LogP contribution in [-0.4, -0.2) is 45.8 Å². The third-order valence-electron chi connectivity index (χ3n) is 4.92. The Morgan fingerprint density at radius 2 is 1.78 bits per heavy atom. The lowest BCUT2D eigenvalue weighted by Gasteiger charge is -2.31. The first-order chi connectivity index (χ1) is 12.8. The van der Waals surface area contributed by atoms with E-state index in [1.165, 1.54) is 6.20 Å². The minimum Gasteiger partial charge on any atom is -0.462 e. The molecule has 0 spiro atoms. The molecule has 0 aliphatic carbocycles. The van der Waals surface area contributed by atoms with Crippen molar-refractivity contribution >= 4 is 11.9 Å². The van der Waals surface area contributed by atoms with Crippen LogP contribution in [0.5, 0.6) is 0 Å². The summed E-state index contributed by atoms with van der Waals surface area (Å²) in [6.45, 7) is 12.9. The normalized spacial score (nSPS) is 12.1. The van der Waals surface area contributed by atoms with Crippen molar-refractivity contribution < 1.29 is 14.3 Å². The van der Waals surface area contributed by atoms with Crippen LogP contribution in [0.15, 0.2) is 30.5 Å². The molecule has 0 saturated heterocycles. The number of hydrogen-bond donors (Lipinski definition) is 0. The Morgan fingerprint density at radius 3 is 2.30 bits per heavy atom. The zero-order valence-corrected chi connectivity index (χ0v) is 17.0. The van der Waals surface area contributed by atoms with Gasteiger partial charge in [-0.15, -0.1) is 0 Å². The van der Waals surface area contributed by atoms with Crippen molar-refractivity contribution in [1.82, 2.24) is 14.7 Å². The van der Waals surface area contributed by atoms with Gasteiger partial charge in [0.1, 0.15) is 5.56 Å². The van der Waals surface area contributed by atoms with Gasteiger partial charge in [-0.1, -0.05) is 13.8 Å². The fourth-order valence-corrected chi connectivity index (χ4v) is 2.97. The topological polar surface area (TPSA) is 64.4 Å². The van der Waals surface area contributed by atoms with Crippen molar-refractivity contribution in [3.8, 4) is 5.69 Å². The SMILES string of the molecule is CCOC(=O)c1cnn(-c2ccc(C(=O)N(CC)[C@H](C)C(C)C)cc2)c1C. The summed E-state index contributed by atoms with van der Waals surface area (Å²) < 4.78 is 6.72. The third kappa shape index (κ3) is 4.38. The van der Waals surface area contributed by atoms with Crippen LogP contribution in [0.2, 0.25) is 0 Å².